The zero-order valence-corrected chi connectivity index (χ0v) is 37.8. The van der Waals surface area contributed by atoms with Crippen LogP contribution in [0.15, 0.2) is 231 Å². The van der Waals surface area contributed by atoms with Gasteiger partial charge in [0.05, 0.1) is 17.3 Å². The van der Waals surface area contributed by atoms with E-state index < -0.39 is 0 Å². The Bertz CT molecular complexity index is 4060. The summed E-state index contributed by atoms with van der Waals surface area (Å²) in [4.78, 5) is 2.37. The number of nitriles is 1. The monoisotopic (exact) mass is 864 g/mol. The molecule has 12 aromatic carbocycles. The standard InChI is InChI=1S/C66H44N2/c1-66(2)61-28-12-11-22-52(61)53-36-34-47(40-62(53)66)68(46-32-29-42(41-67)30-33-46)63-38-37-50(51-21-7-8-23-54(51)63)45-31-35-59-60(39-45)65(56-27-14-18-44-16-4-6-20-49(44)56)58-25-10-9-24-57(58)64(59)55-26-13-17-43-15-3-5-19-48(43)55/h3-40H,1-2H3. The Kier molecular flexibility index (Phi) is 8.97. The molecule has 0 aromatic heterocycles. The van der Waals surface area contributed by atoms with Crippen molar-refractivity contribution in [3.8, 4) is 50.6 Å². The average molecular weight is 865 g/mol. The zero-order valence-electron chi connectivity index (χ0n) is 37.8. The van der Waals surface area contributed by atoms with Gasteiger partial charge in [-0.05, 0) is 153 Å². The summed E-state index contributed by atoms with van der Waals surface area (Å²) in [5.41, 5.74) is 16.1. The van der Waals surface area contributed by atoms with Gasteiger partial charge in [-0.1, -0.05) is 196 Å². The third-order valence-electron chi connectivity index (χ3n) is 14.7. The van der Waals surface area contributed by atoms with E-state index >= 15 is 0 Å². The van der Waals surface area contributed by atoms with E-state index in [0.29, 0.717) is 5.56 Å². The molecule has 68 heavy (non-hydrogen) atoms. The molecule has 1 aliphatic rings. The van der Waals surface area contributed by atoms with E-state index in [-0.39, 0.29) is 5.41 Å². The molecule has 0 bridgehead atoms. The highest BCUT2D eigenvalue weighted by Gasteiger charge is 2.36. The van der Waals surface area contributed by atoms with Crippen molar-refractivity contribution in [3.63, 3.8) is 0 Å². The number of fused-ring (bicyclic) bond motifs is 8. The summed E-state index contributed by atoms with van der Waals surface area (Å²) in [6.07, 6.45) is 0. The van der Waals surface area contributed by atoms with Crippen LogP contribution in [0, 0.1) is 11.3 Å². The molecule has 0 heterocycles. The summed E-state index contributed by atoms with van der Waals surface area (Å²) in [5.74, 6) is 0. The number of benzene rings is 12. The van der Waals surface area contributed by atoms with Gasteiger partial charge in [0.15, 0.2) is 0 Å². The minimum Gasteiger partial charge on any atom is -0.310 e. The molecular formula is C66H44N2. The molecule has 0 atom stereocenters. The molecule has 2 heteroatoms. The second-order valence-corrected chi connectivity index (χ2v) is 18.7. The molecule has 13 rings (SSSR count). The molecule has 0 N–H and O–H groups in total. The topological polar surface area (TPSA) is 27.0 Å². The van der Waals surface area contributed by atoms with Crippen molar-refractivity contribution < 1.29 is 0 Å². The first-order valence-corrected chi connectivity index (χ1v) is 23.5. The van der Waals surface area contributed by atoms with Gasteiger partial charge in [0.2, 0.25) is 0 Å². The molecule has 12 aromatic rings. The quantitative estimate of drug-likeness (QED) is 0.156. The highest BCUT2D eigenvalue weighted by atomic mass is 15.1. The molecule has 0 aliphatic heterocycles. The third kappa shape index (κ3) is 6.03. The fourth-order valence-electron chi connectivity index (χ4n) is 11.5. The van der Waals surface area contributed by atoms with Crippen LogP contribution in [0.2, 0.25) is 0 Å². The number of hydrogen-bond donors (Lipinski definition) is 0. The summed E-state index contributed by atoms with van der Waals surface area (Å²) < 4.78 is 0. The van der Waals surface area contributed by atoms with Crippen LogP contribution >= 0.6 is 0 Å². The molecule has 0 amide bonds. The van der Waals surface area contributed by atoms with Crippen molar-refractivity contribution in [2.24, 2.45) is 0 Å². The Labute approximate surface area is 396 Å². The van der Waals surface area contributed by atoms with Crippen LogP contribution in [0.4, 0.5) is 17.1 Å². The SMILES string of the molecule is CC1(C)c2ccccc2-c2ccc(N(c3ccc(C#N)cc3)c3ccc(-c4ccc5c(-c6cccc7ccccc67)c6ccccc6c(-c6cccc7ccccc67)c5c4)c4ccccc34)cc21. The van der Waals surface area contributed by atoms with E-state index in [1.165, 1.54) is 98.5 Å². The van der Waals surface area contributed by atoms with Gasteiger partial charge >= 0.3 is 0 Å². The molecule has 0 saturated heterocycles. The number of nitrogens with zero attached hydrogens (tertiary/aromatic N) is 2. The molecule has 0 unspecified atom stereocenters. The fourth-order valence-corrected chi connectivity index (χ4v) is 11.5. The summed E-state index contributed by atoms with van der Waals surface area (Å²) >= 11 is 0. The number of anilines is 3. The van der Waals surface area contributed by atoms with Gasteiger partial charge in [0, 0.05) is 22.2 Å². The van der Waals surface area contributed by atoms with E-state index in [0.717, 1.165) is 28.0 Å². The Balaban J connectivity index is 1.06. The van der Waals surface area contributed by atoms with Crippen molar-refractivity contribution in [1.29, 1.82) is 5.26 Å². The van der Waals surface area contributed by atoms with Gasteiger partial charge < -0.3 is 4.90 Å². The predicted molar refractivity (Wildman–Crippen MR) is 287 cm³/mol. The number of rotatable bonds is 6. The lowest BCUT2D eigenvalue weighted by atomic mass is 9.82. The van der Waals surface area contributed by atoms with Crippen LogP contribution in [0.1, 0.15) is 30.5 Å². The third-order valence-corrected chi connectivity index (χ3v) is 14.7. The molecule has 1 aliphatic carbocycles. The Morgan fingerprint density at radius 2 is 0.853 bits per heavy atom. The van der Waals surface area contributed by atoms with Crippen LogP contribution in [-0.2, 0) is 5.41 Å². The first-order valence-electron chi connectivity index (χ1n) is 23.5. The van der Waals surface area contributed by atoms with Crippen LogP contribution in [0.25, 0.3) is 98.4 Å². The molecule has 0 radical (unpaired) electrons. The van der Waals surface area contributed by atoms with Crippen LogP contribution in [-0.4, -0.2) is 0 Å². The summed E-state index contributed by atoms with van der Waals surface area (Å²) in [7, 11) is 0. The minimum atomic E-state index is -0.163. The lowest BCUT2D eigenvalue weighted by Gasteiger charge is -2.29. The van der Waals surface area contributed by atoms with Crippen molar-refractivity contribution in [1.82, 2.24) is 0 Å². The van der Waals surface area contributed by atoms with Crippen molar-refractivity contribution in [2.75, 3.05) is 4.90 Å². The van der Waals surface area contributed by atoms with Gasteiger partial charge in [-0.15, -0.1) is 0 Å². The van der Waals surface area contributed by atoms with Crippen molar-refractivity contribution in [2.45, 2.75) is 19.3 Å². The Morgan fingerprint density at radius 1 is 0.353 bits per heavy atom. The van der Waals surface area contributed by atoms with Crippen LogP contribution in [0.5, 0.6) is 0 Å². The highest BCUT2D eigenvalue weighted by Crippen LogP contribution is 2.52. The lowest BCUT2D eigenvalue weighted by Crippen LogP contribution is -2.16. The molecular weight excluding hydrogens is 821 g/mol. The Hall–Kier alpha value is -8.77. The molecule has 0 saturated carbocycles. The largest absolute Gasteiger partial charge is 0.310 e. The molecule has 318 valence electrons. The average Bonchev–Trinajstić information content (AvgIpc) is 3.62. The lowest BCUT2D eigenvalue weighted by molar-refractivity contribution is 0.660. The maximum atomic E-state index is 9.83. The summed E-state index contributed by atoms with van der Waals surface area (Å²) in [5, 5.41) is 22.0. The van der Waals surface area contributed by atoms with Crippen LogP contribution in [0.3, 0.4) is 0 Å². The maximum Gasteiger partial charge on any atom is 0.0991 e. The van der Waals surface area contributed by atoms with Gasteiger partial charge in [0.1, 0.15) is 0 Å². The van der Waals surface area contributed by atoms with Crippen molar-refractivity contribution in [3.05, 3.63) is 247 Å². The van der Waals surface area contributed by atoms with E-state index in [1.54, 1.807) is 0 Å². The van der Waals surface area contributed by atoms with Gasteiger partial charge in [-0.3, -0.25) is 0 Å². The van der Waals surface area contributed by atoms with E-state index in [2.05, 4.69) is 243 Å². The first-order chi connectivity index (χ1) is 33.5. The van der Waals surface area contributed by atoms with E-state index in [9.17, 15) is 5.26 Å². The maximum absolute atomic E-state index is 9.83. The zero-order chi connectivity index (χ0) is 45.5. The summed E-state index contributed by atoms with van der Waals surface area (Å²) in [6, 6.07) is 86.6. The van der Waals surface area contributed by atoms with Gasteiger partial charge in [0.25, 0.3) is 0 Å². The second kappa shape index (κ2) is 15.4. The van der Waals surface area contributed by atoms with E-state index in [4.69, 9.17) is 0 Å². The highest BCUT2D eigenvalue weighted by molar-refractivity contribution is 6.26. The molecule has 2 nitrogen and oxygen atoms in total. The van der Waals surface area contributed by atoms with Crippen LogP contribution < -0.4 is 4.90 Å². The first kappa shape index (κ1) is 39.6. The number of hydrogen-bond acceptors (Lipinski definition) is 2. The van der Waals surface area contributed by atoms with Gasteiger partial charge in [-0.25, -0.2) is 0 Å². The normalized spacial score (nSPS) is 12.7. The fraction of sp³-hybridized carbons (Fsp3) is 0.0455. The Morgan fingerprint density at radius 3 is 1.53 bits per heavy atom. The smallest absolute Gasteiger partial charge is 0.0991 e. The second-order valence-electron chi connectivity index (χ2n) is 18.7. The summed E-state index contributed by atoms with van der Waals surface area (Å²) in [6.45, 7) is 4.67. The van der Waals surface area contributed by atoms with Crippen molar-refractivity contribution >= 4 is 70.9 Å². The van der Waals surface area contributed by atoms with Gasteiger partial charge in [-0.2, -0.15) is 5.26 Å². The molecule has 0 fully saturated rings. The minimum absolute atomic E-state index is 0.163. The predicted octanol–water partition coefficient (Wildman–Crippen LogP) is 18.1. The molecule has 0 spiro atoms. The van der Waals surface area contributed by atoms with E-state index in [1.807, 2.05) is 12.1 Å².